The molecule has 2 heterocycles. The maximum atomic E-state index is 13.3. The van der Waals surface area contributed by atoms with E-state index in [9.17, 15) is 19.7 Å². The molecule has 1 saturated heterocycles. The van der Waals surface area contributed by atoms with E-state index >= 15 is 0 Å². The Morgan fingerprint density at radius 2 is 1.86 bits per heavy atom. The van der Waals surface area contributed by atoms with Crippen molar-refractivity contribution in [3.05, 3.63) is 51.2 Å². The number of hydrogen-bond acceptors (Lipinski definition) is 5. The van der Waals surface area contributed by atoms with Crippen LogP contribution in [-0.4, -0.2) is 59.0 Å². The molecule has 28 heavy (non-hydrogen) atoms. The summed E-state index contributed by atoms with van der Waals surface area (Å²) in [5.74, 6) is -0.130. The molecule has 1 saturated carbocycles. The molecule has 3 aliphatic rings. The smallest absolute Gasteiger partial charge is 0.322 e. The van der Waals surface area contributed by atoms with Gasteiger partial charge < -0.3 is 15.0 Å². The van der Waals surface area contributed by atoms with Crippen LogP contribution in [0.4, 0.5) is 10.5 Å². The number of urea groups is 1. The third kappa shape index (κ3) is 3.33. The molecule has 9 nitrogen and oxygen atoms in total. The summed E-state index contributed by atoms with van der Waals surface area (Å²) >= 11 is 0. The highest BCUT2D eigenvalue weighted by Gasteiger charge is 2.43. The number of nitro benzene ring substituents is 1. The zero-order valence-electron chi connectivity index (χ0n) is 15.6. The Bertz CT molecular complexity index is 840. The zero-order valence-corrected chi connectivity index (χ0v) is 15.6. The first kappa shape index (κ1) is 18.4. The number of amides is 3. The predicted molar refractivity (Wildman–Crippen MR) is 99.3 cm³/mol. The molecule has 1 N–H and O–H groups in total. The second kappa shape index (κ2) is 7.23. The third-order valence-corrected chi connectivity index (χ3v) is 5.40. The SMILES string of the molecule is CC1=C(C(=O)N2CCOCC2)[C@@H](c2ccc([N+](=O)[O-])cc2)NC(=O)N1C1CC1. The first-order valence-electron chi connectivity index (χ1n) is 9.39. The largest absolute Gasteiger partial charge is 0.378 e. The predicted octanol–water partition coefficient (Wildman–Crippen LogP) is 1.96. The maximum absolute atomic E-state index is 13.3. The van der Waals surface area contributed by atoms with Crippen molar-refractivity contribution in [3.63, 3.8) is 0 Å². The molecule has 4 rings (SSSR count). The lowest BCUT2D eigenvalue weighted by Crippen LogP contribution is -2.51. The van der Waals surface area contributed by atoms with Crippen LogP contribution in [0.15, 0.2) is 35.5 Å². The van der Waals surface area contributed by atoms with Crippen molar-refractivity contribution in [2.45, 2.75) is 31.8 Å². The lowest BCUT2D eigenvalue weighted by molar-refractivity contribution is -0.384. The van der Waals surface area contributed by atoms with Crippen LogP contribution in [0.1, 0.15) is 31.4 Å². The van der Waals surface area contributed by atoms with E-state index in [1.807, 2.05) is 6.92 Å². The first-order valence-corrected chi connectivity index (χ1v) is 9.39. The highest BCUT2D eigenvalue weighted by Crippen LogP contribution is 2.38. The Labute approximate surface area is 162 Å². The summed E-state index contributed by atoms with van der Waals surface area (Å²) in [5.41, 5.74) is 1.78. The summed E-state index contributed by atoms with van der Waals surface area (Å²) in [6, 6.07) is 5.22. The highest BCUT2D eigenvalue weighted by atomic mass is 16.6. The van der Waals surface area contributed by atoms with Gasteiger partial charge in [0.1, 0.15) is 0 Å². The Balaban J connectivity index is 1.73. The number of hydrogen-bond donors (Lipinski definition) is 1. The van der Waals surface area contributed by atoms with E-state index in [-0.39, 0.29) is 23.7 Å². The fraction of sp³-hybridized carbons (Fsp3) is 0.474. The van der Waals surface area contributed by atoms with E-state index in [1.54, 1.807) is 21.9 Å². The number of carbonyl (C=O) groups is 2. The average Bonchev–Trinajstić information content (AvgIpc) is 3.53. The number of morpholine rings is 1. The Morgan fingerprint density at radius 1 is 1.21 bits per heavy atom. The summed E-state index contributed by atoms with van der Waals surface area (Å²) in [6.45, 7) is 3.78. The quantitative estimate of drug-likeness (QED) is 0.629. The van der Waals surface area contributed by atoms with E-state index in [4.69, 9.17) is 4.74 Å². The lowest BCUT2D eigenvalue weighted by Gasteiger charge is -2.38. The van der Waals surface area contributed by atoms with Gasteiger partial charge in [0.2, 0.25) is 0 Å². The number of rotatable bonds is 4. The summed E-state index contributed by atoms with van der Waals surface area (Å²) in [4.78, 5) is 39.9. The molecular weight excluding hydrogens is 364 g/mol. The minimum Gasteiger partial charge on any atom is -0.378 e. The number of benzene rings is 1. The minimum atomic E-state index is -0.640. The van der Waals surface area contributed by atoms with Crippen LogP contribution in [0, 0.1) is 10.1 Å². The van der Waals surface area contributed by atoms with Crippen molar-refractivity contribution >= 4 is 17.6 Å². The molecule has 1 aromatic carbocycles. The molecule has 1 aromatic rings. The van der Waals surface area contributed by atoms with E-state index in [0.717, 1.165) is 12.8 Å². The van der Waals surface area contributed by atoms with Gasteiger partial charge in [-0.3, -0.25) is 19.8 Å². The van der Waals surface area contributed by atoms with Crippen LogP contribution in [0.3, 0.4) is 0 Å². The standard InChI is InChI=1S/C19H22N4O5/c1-12-16(18(24)21-8-10-28-11-9-21)17(20-19(25)22(12)14-6-7-14)13-2-4-15(5-3-13)23(26)27/h2-5,14,17H,6-11H2,1H3,(H,20,25)/t17-/m1/s1. The molecular formula is C19H22N4O5. The molecule has 0 radical (unpaired) electrons. The van der Waals surface area contributed by atoms with Gasteiger partial charge in [-0.05, 0) is 37.5 Å². The second-order valence-electron chi connectivity index (χ2n) is 7.24. The number of nitrogens with zero attached hydrogens (tertiary/aromatic N) is 3. The second-order valence-corrected chi connectivity index (χ2v) is 7.24. The molecule has 3 amide bonds. The average molecular weight is 386 g/mol. The number of non-ortho nitro benzene ring substituents is 1. The van der Waals surface area contributed by atoms with Crippen molar-refractivity contribution in [1.82, 2.24) is 15.1 Å². The summed E-state index contributed by atoms with van der Waals surface area (Å²) < 4.78 is 5.34. The molecule has 0 aromatic heterocycles. The topological polar surface area (TPSA) is 105 Å². The molecule has 0 spiro atoms. The van der Waals surface area contributed by atoms with Crippen LogP contribution >= 0.6 is 0 Å². The fourth-order valence-electron chi connectivity index (χ4n) is 3.78. The van der Waals surface area contributed by atoms with E-state index in [2.05, 4.69) is 5.32 Å². The van der Waals surface area contributed by atoms with Crippen molar-refractivity contribution in [2.75, 3.05) is 26.3 Å². The van der Waals surface area contributed by atoms with Gasteiger partial charge in [-0.1, -0.05) is 0 Å². The van der Waals surface area contributed by atoms with Gasteiger partial charge in [0.15, 0.2) is 0 Å². The van der Waals surface area contributed by atoms with Crippen molar-refractivity contribution in [2.24, 2.45) is 0 Å². The molecule has 2 fully saturated rings. The zero-order chi connectivity index (χ0) is 19.8. The minimum absolute atomic E-state index is 0.0350. The normalized spacial score (nSPS) is 22.9. The summed E-state index contributed by atoms with van der Waals surface area (Å²) in [7, 11) is 0. The Kier molecular flexibility index (Phi) is 4.76. The highest BCUT2D eigenvalue weighted by molar-refractivity contribution is 5.98. The Morgan fingerprint density at radius 3 is 2.43 bits per heavy atom. The fourth-order valence-corrected chi connectivity index (χ4v) is 3.78. The van der Waals surface area contributed by atoms with Crippen LogP contribution in [0.25, 0.3) is 0 Å². The maximum Gasteiger partial charge on any atom is 0.322 e. The van der Waals surface area contributed by atoms with Crippen molar-refractivity contribution in [1.29, 1.82) is 0 Å². The number of nitrogens with one attached hydrogen (secondary N) is 1. The van der Waals surface area contributed by atoms with Crippen LogP contribution < -0.4 is 5.32 Å². The molecule has 148 valence electrons. The van der Waals surface area contributed by atoms with Gasteiger partial charge >= 0.3 is 6.03 Å². The molecule has 1 atom stereocenters. The van der Waals surface area contributed by atoms with E-state index in [0.29, 0.717) is 43.1 Å². The van der Waals surface area contributed by atoms with Gasteiger partial charge in [0, 0.05) is 37.0 Å². The number of ether oxygens (including phenoxy) is 1. The number of carbonyl (C=O) groups excluding carboxylic acids is 2. The van der Waals surface area contributed by atoms with Crippen LogP contribution in [-0.2, 0) is 9.53 Å². The molecule has 1 aliphatic carbocycles. The summed E-state index contributed by atoms with van der Waals surface area (Å²) in [6.07, 6.45) is 1.85. The number of allylic oxidation sites excluding steroid dienone is 1. The Hall–Kier alpha value is -2.94. The lowest BCUT2D eigenvalue weighted by atomic mass is 9.93. The van der Waals surface area contributed by atoms with Crippen LogP contribution in [0.5, 0.6) is 0 Å². The van der Waals surface area contributed by atoms with Gasteiger partial charge in [-0.25, -0.2) is 4.79 Å². The molecule has 9 heteroatoms. The van der Waals surface area contributed by atoms with Crippen molar-refractivity contribution < 1.29 is 19.2 Å². The monoisotopic (exact) mass is 386 g/mol. The molecule has 2 aliphatic heterocycles. The van der Waals surface area contributed by atoms with Gasteiger partial charge in [-0.2, -0.15) is 0 Å². The first-order chi connectivity index (χ1) is 13.5. The number of nitro groups is 1. The summed E-state index contributed by atoms with van der Waals surface area (Å²) in [5, 5.41) is 13.9. The van der Waals surface area contributed by atoms with E-state index < -0.39 is 11.0 Å². The van der Waals surface area contributed by atoms with E-state index in [1.165, 1.54) is 12.1 Å². The van der Waals surface area contributed by atoms with Crippen LogP contribution in [0.2, 0.25) is 0 Å². The van der Waals surface area contributed by atoms with Gasteiger partial charge in [-0.15, -0.1) is 0 Å². The van der Waals surface area contributed by atoms with Gasteiger partial charge in [0.25, 0.3) is 11.6 Å². The van der Waals surface area contributed by atoms with Gasteiger partial charge in [0.05, 0.1) is 29.8 Å². The van der Waals surface area contributed by atoms with Crippen molar-refractivity contribution in [3.8, 4) is 0 Å². The molecule has 0 unspecified atom stereocenters. The third-order valence-electron chi connectivity index (χ3n) is 5.40. The molecule has 0 bridgehead atoms.